The molecule has 0 bridgehead atoms. The molecule has 18 heavy (non-hydrogen) atoms. The van der Waals surface area contributed by atoms with Gasteiger partial charge in [-0.1, -0.05) is 11.6 Å². The van der Waals surface area contributed by atoms with E-state index in [9.17, 15) is 28.1 Å². The largest absolute Gasteiger partial charge is 0.423 e. The Kier molecular flexibility index (Phi) is 3.47. The number of nitrogens with two attached hydrogens (primary N) is 1. The van der Waals surface area contributed by atoms with Gasteiger partial charge in [0.15, 0.2) is 5.56 Å². The van der Waals surface area contributed by atoms with Crippen LogP contribution in [0.15, 0.2) is 0 Å². The van der Waals surface area contributed by atoms with E-state index >= 15 is 0 Å². The van der Waals surface area contributed by atoms with E-state index in [0.717, 1.165) is 6.92 Å². The Hall–Kier alpha value is -1.90. The summed E-state index contributed by atoms with van der Waals surface area (Å²) in [7, 11) is 0. The van der Waals surface area contributed by atoms with Gasteiger partial charge in [0, 0.05) is 0 Å². The number of hydrogen-bond donors (Lipinski definition) is 1. The Morgan fingerprint density at radius 2 is 2.00 bits per heavy atom. The molecule has 0 aromatic carbocycles. The molecule has 0 aliphatic carbocycles. The highest BCUT2D eigenvalue weighted by atomic mass is 35.5. The summed E-state index contributed by atoms with van der Waals surface area (Å²) in [6.45, 7) is 0.976. The summed E-state index contributed by atoms with van der Waals surface area (Å²) in [5.41, 5.74) is -0.128. The number of nitro groups is 1. The third-order valence-electron chi connectivity index (χ3n) is 2.01. The van der Waals surface area contributed by atoms with Crippen LogP contribution in [-0.2, 0) is 6.18 Å². The highest BCUT2D eigenvalue weighted by Crippen LogP contribution is 2.41. The predicted molar refractivity (Wildman–Crippen MR) is 54.2 cm³/mol. The Morgan fingerprint density at radius 3 is 2.33 bits per heavy atom. The molecule has 1 aromatic heterocycles. The van der Waals surface area contributed by atoms with Crippen LogP contribution in [0.5, 0.6) is 0 Å². The van der Waals surface area contributed by atoms with Crippen LogP contribution in [0.25, 0.3) is 0 Å². The van der Waals surface area contributed by atoms with Crippen LogP contribution >= 0.6 is 11.6 Å². The fourth-order valence-corrected chi connectivity index (χ4v) is 1.70. The second-order valence-corrected chi connectivity index (χ2v) is 3.56. The maximum absolute atomic E-state index is 12.8. The molecule has 0 saturated carbocycles. The first-order chi connectivity index (χ1) is 8.07. The normalized spacial score (nSPS) is 11.4. The van der Waals surface area contributed by atoms with Gasteiger partial charge in [0.25, 0.3) is 5.91 Å². The summed E-state index contributed by atoms with van der Waals surface area (Å²) >= 11 is 5.38. The summed E-state index contributed by atoms with van der Waals surface area (Å²) in [6.07, 6.45) is -5.15. The molecule has 6 nitrogen and oxygen atoms in total. The van der Waals surface area contributed by atoms with Crippen molar-refractivity contribution in [2.45, 2.75) is 13.1 Å². The smallest absolute Gasteiger partial charge is 0.365 e. The number of rotatable bonds is 2. The van der Waals surface area contributed by atoms with Crippen LogP contribution in [0.1, 0.15) is 21.6 Å². The number of halogens is 4. The van der Waals surface area contributed by atoms with E-state index in [1.807, 2.05) is 0 Å². The van der Waals surface area contributed by atoms with Crippen LogP contribution in [0.3, 0.4) is 0 Å². The van der Waals surface area contributed by atoms with Crippen molar-refractivity contribution in [1.82, 2.24) is 4.98 Å². The lowest BCUT2D eigenvalue weighted by atomic mass is 10.1. The molecule has 0 saturated heterocycles. The van der Waals surface area contributed by atoms with Crippen LogP contribution in [0, 0.1) is 17.0 Å². The maximum Gasteiger partial charge on any atom is 0.423 e. The zero-order valence-corrected chi connectivity index (χ0v) is 9.46. The third-order valence-corrected chi connectivity index (χ3v) is 2.29. The number of primary amides is 1. The van der Waals surface area contributed by atoms with Gasteiger partial charge in [0.1, 0.15) is 10.8 Å². The summed E-state index contributed by atoms with van der Waals surface area (Å²) < 4.78 is 38.4. The number of nitrogens with zero attached hydrogens (tertiary/aromatic N) is 2. The Labute approximate surface area is 103 Å². The quantitative estimate of drug-likeness (QED) is 0.510. The van der Waals surface area contributed by atoms with Crippen molar-refractivity contribution in [2.24, 2.45) is 5.73 Å². The molecule has 0 unspecified atom stereocenters. The minimum Gasteiger partial charge on any atom is -0.365 e. The zero-order chi connectivity index (χ0) is 14.2. The molecule has 1 amide bonds. The minimum absolute atomic E-state index is 0.553. The summed E-state index contributed by atoms with van der Waals surface area (Å²) in [6, 6.07) is 0. The van der Waals surface area contributed by atoms with Gasteiger partial charge < -0.3 is 5.73 Å². The second-order valence-electron chi connectivity index (χ2n) is 3.21. The number of carbonyl (C=O) groups excluding carboxylic acids is 1. The predicted octanol–water partition coefficient (Wildman–Crippen LogP) is 2.07. The SMILES string of the molecule is Cc1nc(Cl)c(C(N)=O)c(C(F)(F)F)c1[N+](=O)[O-]. The number of alkyl halides is 3. The lowest BCUT2D eigenvalue weighted by Gasteiger charge is -2.13. The molecule has 0 fully saturated rings. The average Bonchev–Trinajstić information content (AvgIpc) is 2.13. The number of aromatic nitrogens is 1. The molecule has 2 N–H and O–H groups in total. The van der Waals surface area contributed by atoms with Crippen LogP contribution in [0.2, 0.25) is 5.15 Å². The molecular formula is C8H5ClF3N3O3. The first-order valence-corrected chi connectivity index (χ1v) is 4.66. The fraction of sp³-hybridized carbons (Fsp3) is 0.250. The Morgan fingerprint density at radius 1 is 1.50 bits per heavy atom. The fourth-order valence-electron chi connectivity index (χ4n) is 1.38. The third kappa shape index (κ3) is 2.35. The molecule has 0 atom stereocenters. The molecule has 1 aromatic rings. The maximum atomic E-state index is 12.8. The molecule has 0 aliphatic rings. The first-order valence-electron chi connectivity index (χ1n) is 4.28. The number of hydrogen-bond acceptors (Lipinski definition) is 4. The topological polar surface area (TPSA) is 99.1 Å². The number of pyridine rings is 1. The summed E-state index contributed by atoms with van der Waals surface area (Å²) in [5.74, 6) is -1.54. The van der Waals surface area contributed by atoms with Gasteiger partial charge in [-0.05, 0) is 6.92 Å². The van der Waals surface area contributed by atoms with Crippen molar-refractivity contribution in [2.75, 3.05) is 0 Å². The Bertz CT molecular complexity index is 506. The summed E-state index contributed by atoms with van der Waals surface area (Å²) in [5, 5.41) is 9.82. The van der Waals surface area contributed by atoms with Crippen LogP contribution < -0.4 is 5.73 Å². The molecule has 10 heteroatoms. The molecule has 0 radical (unpaired) electrons. The standard InChI is InChI=1S/C8H5ClF3N3O3/c1-2-5(15(17)18)4(8(10,11)12)3(7(13)16)6(9)14-2/h1H3,(H2,13,16). The lowest BCUT2D eigenvalue weighted by molar-refractivity contribution is -0.389. The molecule has 1 rings (SSSR count). The van der Waals surface area contributed by atoms with E-state index in [1.54, 1.807) is 0 Å². The lowest BCUT2D eigenvalue weighted by Crippen LogP contribution is -2.22. The molecule has 0 spiro atoms. The average molecular weight is 284 g/mol. The van der Waals surface area contributed by atoms with Crippen LogP contribution in [-0.4, -0.2) is 15.8 Å². The number of carbonyl (C=O) groups is 1. The molecule has 0 aliphatic heterocycles. The number of amides is 1. The van der Waals surface area contributed by atoms with Crippen molar-refractivity contribution in [1.29, 1.82) is 0 Å². The first kappa shape index (κ1) is 14.2. The van der Waals surface area contributed by atoms with E-state index in [-0.39, 0.29) is 0 Å². The van der Waals surface area contributed by atoms with Crippen molar-refractivity contribution >= 4 is 23.2 Å². The van der Waals surface area contributed by atoms with Crippen molar-refractivity contribution < 1.29 is 22.9 Å². The molecular weight excluding hydrogens is 279 g/mol. The van der Waals surface area contributed by atoms with Gasteiger partial charge in [-0.25, -0.2) is 4.98 Å². The van der Waals surface area contributed by atoms with Gasteiger partial charge in [-0.15, -0.1) is 0 Å². The van der Waals surface area contributed by atoms with Crippen molar-refractivity contribution in [3.8, 4) is 0 Å². The highest BCUT2D eigenvalue weighted by Gasteiger charge is 2.45. The van der Waals surface area contributed by atoms with E-state index < -0.39 is 44.7 Å². The van der Waals surface area contributed by atoms with E-state index in [4.69, 9.17) is 17.3 Å². The van der Waals surface area contributed by atoms with Gasteiger partial charge in [-0.3, -0.25) is 14.9 Å². The van der Waals surface area contributed by atoms with Gasteiger partial charge in [-0.2, -0.15) is 13.2 Å². The molecule has 1 heterocycles. The Balaban J connectivity index is 3.89. The minimum atomic E-state index is -5.15. The second kappa shape index (κ2) is 4.41. The molecule has 98 valence electrons. The highest BCUT2D eigenvalue weighted by molar-refractivity contribution is 6.33. The van der Waals surface area contributed by atoms with Crippen LogP contribution in [0.4, 0.5) is 18.9 Å². The zero-order valence-electron chi connectivity index (χ0n) is 8.71. The number of aryl methyl sites for hydroxylation is 1. The van der Waals surface area contributed by atoms with E-state index in [0.29, 0.717) is 0 Å². The van der Waals surface area contributed by atoms with Gasteiger partial charge >= 0.3 is 11.9 Å². The van der Waals surface area contributed by atoms with Gasteiger partial charge in [0.05, 0.1) is 10.5 Å². The monoisotopic (exact) mass is 283 g/mol. The summed E-state index contributed by atoms with van der Waals surface area (Å²) in [4.78, 5) is 23.6. The van der Waals surface area contributed by atoms with Crippen molar-refractivity contribution in [3.05, 3.63) is 32.1 Å². The van der Waals surface area contributed by atoms with E-state index in [2.05, 4.69) is 4.98 Å². The van der Waals surface area contributed by atoms with Gasteiger partial charge in [0.2, 0.25) is 0 Å². The van der Waals surface area contributed by atoms with Crippen molar-refractivity contribution in [3.63, 3.8) is 0 Å². The van der Waals surface area contributed by atoms with E-state index in [1.165, 1.54) is 0 Å².